The van der Waals surface area contributed by atoms with Gasteiger partial charge in [-0.15, -0.1) is 0 Å². The Morgan fingerprint density at radius 2 is 2.27 bits per heavy atom. The van der Waals surface area contributed by atoms with Crippen LogP contribution in [-0.4, -0.2) is 38.7 Å². The van der Waals surface area contributed by atoms with Crippen LogP contribution in [0.15, 0.2) is 4.99 Å². The van der Waals surface area contributed by atoms with Gasteiger partial charge in [-0.1, -0.05) is 0 Å². The molecule has 0 rings (SSSR count). The average molecular weight is 180 g/mol. The predicted molar refractivity (Wildman–Crippen MR) is 43.5 cm³/mol. The fourth-order valence-electron chi connectivity index (χ4n) is 0.494. The third-order valence-corrected chi connectivity index (χ3v) is 1.71. The Morgan fingerprint density at radius 1 is 1.64 bits per heavy atom. The topological polar surface area (TPSA) is 78.8 Å². The van der Waals surface area contributed by atoms with Gasteiger partial charge in [-0.3, -0.25) is 9.55 Å². The first-order valence-electron chi connectivity index (χ1n) is 3.17. The maximum absolute atomic E-state index is 10.2. The molecule has 5 nitrogen and oxygen atoms in total. The zero-order valence-electron chi connectivity index (χ0n) is 6.32. The van der Waals surface area contributed by atoms with Gasteiger partial charge in [0, 0.05) is 13.6 Å². The minimum atomic E-state index is -3.81. The van der Waals surface area contributed by atoms with Crippen molar-refractivity contribution in [2.45, 2.75) is 6.42 Å². The molecule has 0 amide bonds. The molecular weight excluding hydrogens is 168 g/mol. The Balaban J connectivity index is 3.36. The zero-order valence-corrected chi connectivity index (χ0v) is 7.13. The first kappa shape index (κ1) is 10.4. The highest BCUT2D eigenvalue weighted by Gasteiger charge is 2.01. The van der Waals surface area contributed by atoms with Gasteiger partial charge in [0.2, 0.25) is 0 Å². The molecule has 0 aliphatic rings. The molecule has 11 heavy (non-hydrogen) atoms. The number of nitrogens with zero attached hydrogens (tertiary/aromatic N) is 1. The second kappa shape index (κ2) is 5.09. The van der Waals surface area contributed by atoms with Crippen molar-refractivity contribution >= 4 is 16.5 Å². The molecule has 0 unspecified atom stereocenters. The smallest absolute Gasteiger partial charge is 0.264 e. The van der Waals surface area contributed by atoms with Crippen molar-refractivity contribution in [2.24, 2.45) is 4.99 Å². The monoisotopic (exact) mass is 180 g/mol. The third kappa shape index (κ3) is 9.38. The van der Waals surface area contributed by atoms with Crippen LogP contribution >= 0.6 is 0 Å². The highest BCUT2D eigenvalue weighted by molar-refractivity contribution is 7.85. The molecule has 0 saturated carbocycles. The minimum absolute atomic E-state index is 0.228. The number of hydrogen-bond donors (Lipinski definition) is 2. The van der Waals surface area contributed by atoms with Crippen molar-refractivity contribution in [1.82, 2.24) is 5.32 Å². The van der Waals surface area contributed by atoms with Crippen LogP contribution in [-0.2, 0) is 10.1 Å². The highest BCUT2D eigenvalue weighted by Crippen LogP contribution is 1.87. The lowest BCUT2D eigenvalue weighted by Gasteiger charge is -1.92. The summed E-state index contributed by atoms with van der Waals surface area (Å²) in [6, 6.07) is 0. The SMILES string of the molecule is CN/C=N/CCCS(=O)(=O)O. The summed E-state index contributed by atoms with van der Waals surface area (Å²) in [7, 11) is -2.10. The van der Waals surface area contributed by atoms with E-state index in [0.29, 0.717) is 13.0 Å². The van der Waals surface area contributed by atoms with Gasteiger partial charge in [-0.05, 0) is 6.42 Å². The van der Waals surface area contributed by atoms with E-state index in [4.69, 9.17) is 4.55 Å². The van der Waals surface area contributed by atoms with Crippen LogP contribution in [0, 0.1) is 0 Å². The first-order valence-corrected chi connectivity index (χ1v) is 4.78. The van der Waals surface area contributed by atoms with Crippen molar-refractivity contribution in [3.63, 3.8) is 0 Å². The molecule has 0 radical (unpaired) electrons. The Morgan fingerprint density at radius 3 is 2.73 bits per heavy atom. The van der Waals surface area contributed by atoms with E-state index in [1.165, 1.54) is 6.34 Å². The number of hydrogen-bond acceptors (Lipinski definition) is 3. The summed E-state index contributed by atoms with van der Waals surface area (Å²) in [5.41, 5.74) is 0. The van der Waals surface area contributed by atoms with Crippen molar-refractivity contribution in [3.05, 3.63) is 0 Å². The van der Waals surface area contributed by atoms with Crippen LogP contribution in [0.4, 0.5) is 0 Å². The molecule has 0 aromatic carbocycles. The molecule has 0 aliphatic heterocycles. The van der Waals surface area contributed by atoms with Crippen molar-refractivity contribution < 1.29 is 13.0 Å². The summed E-state index contributed by atoms with van der Waals surface area (Å²) in [5, 5.41) is 2.66. The molecule has 2 N–H and O–H groups in total. The largest absolute Gasteiger partial charge is 0.380 e. The van der Waals surface area contributed by atoms with Crippen molar-refractivity contribution in [2.75, 3.05) is 19.3 Å². The molecule has 0 aromatic rings. The normalized spacial score (nSPS) is 12.2. The van der Waals surface area contributed by atoms with Gasteiger partial charge in [-0.25, -0.2) is 0 Å². The summed E-state index contributed by atoms with van der Waals surface area (Å²) < 4.78 is 28.6. The van der Waals surface area contributed by atoms with E-state index in [1.54, 1.807) is 7.05 Å². The van der Waals surface area contributed by atoms with Gasteiger partial charge in [0.15, 0.2) is 0 Å². The second-order valence-corrected chi connectivity index (χ2v) is 3.54. The van der Waals surface area contributed by atoms with Crippen LogP contribution in [0.3, 0.4) is 0 Å². The maximum Gasteiger partial charge on any atom is 0.264 e. The summed E-state index contributed by atoms with van der Waals surface area (Å²) in [6.45, 7) is 0.403. The molecular formula is C5H12N2O3S. The summed E-state index contributed by atoms with van der Waals surface area (Å²) >= 11 is 0. The van der Waals surface area contributed by atoms with E-state index in [-0.39, 0.29) is 5.75 Å². The van der Waals surface area contributed by atoms with E-state index in [0.717, 1.165) is 0 Å². The number of rotatable bonds is 5. The van der Waals surface area contributed by atoms with Gasteiger partial charge in [0.1, 0.15) is 0 Å². The molecule has 66 valence electrons. The van der Waals surface area contributed by atoms with Crippen LogP contribution in [0.1, 0.15) is 6.42 Å². The highest BCUT2D eigenvalue weighted by atomic mass is 32.2. The predicted octanol–water partition coefficient (Wildman–Crippen LogP) is -0.488. The molecule has 0 saturated heterocycles. The fourth-order valence-corrected chi connectivity index (χ4v) is 0.988. The van der Waals surface area contributed by atoms with Crippen molar-refractivity contribution in [1.29, 1.82) is 0 Å². The van der Waals surface area contributed by atoms with E-state index in [9.17, 15) is 8.42 Å². The summed E-state index contributed by atoms with van der Waals surface area (Å²) in [6.07, 6.45) is 1.82. The van der Waals surface area contributed by atoms with E-state index < -0.39 is 10.1 Å². The van der Waals surface area contributed by atoms with E-state index in [2.05, 4.69) is 10.3 Å². The molecule has 0 atom stereocenters. The molecule has 6 heteroatoms. The molecule has 0 aliphatic carbocycles. The summed E-state index contributed by atoms with van der Waals surface area (Å²) in [5.74, 6) is -0.228. The Bertz CT molecular complexity index is 210. The number of aliphatic imine (C=N–C) groups is 1. The van der Waals surface area contributed by atoms with E-state index >= 15 is 0 Å². The Hall–Kier alpha value is -0.620. The van der Waals surface area contributed by atoms with Gasteiger partial charge < -0.3 is 5.32 Å². The van der Waals surface area contributed by atoms with Crippen LogP contribution in [0.25, 0.3) is 0 Å². The minimum Gasteiger partial charge on any atom is -0.380 e. The van der Waals surface area contributed by atoms with Gasteiger partial charge in [-0.2, -0.15) is 8.42 Å². The van der Waals surface area contributed by atoms with Gasteiger partial charge >= 0.3 is 0 Å². The molecule has 0 aromatic heterocycles. The second-order valence-electron chi connectivity index (χ2n) is 1.96. The van der Waals surface area contributed by atoms with Crippen LogP contribution in [0.5, 0.6) is 0 Å². The summed E-state index contributed by atoms with van der Waals surface area (Å²) in [4.78, 5) is 3.78. The quantitative estimate of drug-likeness (QED) is 0.259. The fraction of sp³-hybridized carbons (Fsp3) is 0.800. The van der Waals surface area contributed by atoms with Crippen LogP contribution in [0.2, 0.25) is 0 Å². The third-order valence-electron chi connectivity index (χ3n) is 0.910. The van der Waals surface area contributed by atoms with Gasteiger partial charge in [0.05, 0.1) is 12.1 Å². The number of nitrogens with one attached hydrogen (secondary N) is 1. The molecule has 0 bridgehead atoms. The van der Waals surface area contributed by atoms with Gasteiger partial charge in [0.25, 0.3) is 10.1 Å². The zero-order chi connectivity index (χ0) is 8.74. The first-order chi connectivity index (χ1) is 5.06. The molecule has 0 heterocycles. The lowest BCUT2D eigenvalue weighted by atomic mass is 10.5. The lowest BCUT2D eigenvalue weighted by molar-refractivity contribution is 0.481. The Kier molecular flexibility index (Phi) is 4.80. The Labute approximate surface area is 66.3 Å². The van der Waals surface area contributed by atoms with Crippen molar-refractivity contribution in [3.8, 4) is 0 Å². The molecule has 0 spiro atoms. The molecule has 0 fully saturated rings. The van der Waals surface area contributed by atoms with E-state index in [1.807, 2.05) is 0 Å². The standard InChI is InChI=1S/C5H12N2O3S/c1-6-5-7-3-2-4-11(8,9)10/h5H,2-4H2,1H3,(H,6,7)(H,8,9,10). The maximum atomic E-state index is 10.2. The average Bonchev–Trinajstić information content (AvgIpc) is 1.85. The lowest BCUT2D eigenvalue weighted by Crippen LogP contribution is -2.06. The van der Waals surface area contributed by atoms with Crippen LogP contribution < -0.4 is 5.32 Å².